The third-order valence-electron chi connectivity index (χ3n) is 5.44. The van der Waals surface area contributed by atoms with Gasteiger partial charge in [0.15, 0.2) is 0 Å². The predicted octanol–water partition coefficient (Wildman–Crippen LogP) is 4.44. The third kappa shape index (κ3) is 5.13. The zero-order chi connectivity index (χ0) is 19.4. The molecule has 0 unspecified atom stereocenters. The van der Waals surface area contributed by atoms with E-state index in [1.165, 1.54) is 12.8 Å². The lowest BCUT2D eigenvalue weighted by molar-refractivity contribution is 0.0977. The van der Waals surface area contributed by atoms with Crippen LogP contribution in [-0.2, 0) is 10.0 Å². The summed E-state index contributed by atoms with van der Waals surface area (Å²) in [5.74, 6) is -1.24. The maximum Gasteiger partial charge on any atom is 0.267 e. The molecule has 2 aliphatic rings. The summed E-state index contributed by atoms with van der Waals surface area (Å²) < 4.78 is 46.8. The third-order valence-corrected chi connectivity index (χ3v) is 7.56. The zero-order valence-electron chi connectivity index (χ0n) is 15.2. The van der Waals surface area contributed by atoms with Crippen molar-refractivity contribution in [2.45, 2.75) is 63.0 Å². The van der Waals surface area contributed by atoms with Crippen LogP contribution >= 0.6 is 11.6 Å². The molecule has 1 aromatic carbocycles. The van der Waals surface area contributed by atoms with Crippen molar-refractivity contribution in [2.24, 2.45) is 5.92 Å². The van der Waals surface area contributed by atoms with Crippen molar-refractivity contribution in [1.29, 1.82) is 0 Å². The van der Waals surface area contributed by atoms with Gasteiger partial charge in [-0.05, 0) is 37.7 Å². The quantitative estimate of drug-likeness (QED) is 0.742. The van der Waals surface area contributed by atoms with Gasteiger partial charge in [-0.15, -0.1) is 0 Å². The number of sulfonamides is 1. The minimum absolute atomic E-state index is 0.0922. The lowest BCUT2D eigenvalue weighted by Crippen LogP contribution is -2.39. The summed E-state index contributed by atoms with van der Waals surface area (Å²) >= 11 is 6.13. The predicted molar refractivity (Wildman–Crippen MR) is 102 cm³/mol. The number of halogens is 2. The fraction of sp³-hybridized carbons (Fsp3) is 0.632. The second kappa shape index (κ2) is 8.78. The van der Waals surface area contributed by atoms with Crippen LogP contribution in [0, 0.1) is 11.7 Å². The van der Waals surface area contributed by atoms with Gasteiger partial charge >= 0.3 is 0 Å². The normalized spacial score (nSPS) is 19.2. The molecule has 0 aliphatic heterocycles. The van der Waals surface area contributed by atoms with Crippen molar-refractivity contribution in [3.05, 3.63) is 28.5 Å². The molecule has 0 heterocycles. The summed E-state index contributed by atoms with van der Waals surface area (Å²) in [6.45, 7) is 0.459. The number of nitrogens with one attached hydrogen (secondary N) is 1. The Morgan fingerprint density at radius 3 is 2.41 bits per heavy atom. The maximum atomic E-state index is 14.4. The summed E-state index contributed by atoms with van der Waals surface area (Å²) in [5.41, 5.74) is -0.396. The first-order chi connectivity index (χ1) is 12.9. The van der Waals surface area contributed by atoms with Crippen LogP contribution in [0.5, 0.6) is 5.75 Å². The molecule has 1 amide bonds. The van der Waals surface area contributed by atoms with Gasteiger partial charge in [-0.25, -0.2) is 17.5 Å². The summed E-state index contributed by atoms with van der Waals surface area (Å²) in [7, 11) is -3.83. The number of carbonyl (C=O) groups is 1. The van der Waals surface area contributed by atoms with Gasteiger partial charge in [0.2, 0.25) is 10.0 Å². The Labute approximate surface area is 164 Å². The van der Waals surface area contributed by atoms with Gasteiger partial charge in [0.1, 0.15) is 11.6 Å². The highest BCUT2D eigenvalue weighted by molar-refractivity contribution is 7.90. The van der Waals surface area contributed by atoms with Crippen LogP contribution in [0.25, 0.3) is 0 Å². The Bertz CT molecular complexity index is 787. The van der Waals surface area contributed by atoms with Crippen LogP contribution in [-0.4, -0.2) is 26.2 Å². The molecular formula is C19H25ClFNO4S. The Morgan fingerprint density at radius 1 is 1.11 bits per heavy atom. The SMILES string of the molecule is O=C(NS(=O)(=O)C1CCCCC1)c1cc(Cl)c(OCC2CCCC2)cc1F. The molecule has 5 nitrogen and oxygen atoms in total. The molecule has 2 aliphatic carbocycles. The number of hydrogen-bond acceptors (Lipinski definition) is 4. The average Bonchev–Trinajstić information content (AvgIpc) is 3.16. The van der Waals surface area contributed by atoms with E-state index in [1.54, 1.807) is 0 Å². The van der Waals surface area contributed by atoms with Crippen molar-refractivity contribution < 1.29 is 22.3 Å². The summed E-state index contributed by atoms with van der Waals surface area (Å²) in [6, 6.07) is 2.19. The van der Waals surface area contributed by atoms with Gasteiger partial charge in [-0.3, -0.25) is 4.79 Å². The van der Waals surface area contributed by atoms with E-state index in [-0.39, 0.29) is 10.8 Å². The first kappa shape index (κ1) is 20.4. The molecule has 8 heteroatoms. The molecule has 2 saturated carbocycles. The summed E-state index contributed by atoms with van der Waals surface area (Å²) in [6.07, 6.45) is 8.15. The lowest BCUT2D eigenvalue weighted by Gasteiger charge is -2.22. The van der Waals surface area contributed by atoms with Gasteiger partial charge < -0.3 is 4.74 Å². The van der Waals surface area contributed by atoms with Gasteiger partial charge in [-0.1, -0.05) is 43.7 Å². The number of hydrogen-bond donors (Lipinski definition) is 1. The van der Waals surface area contributed by atoms with Gasteiger partial charge in [-0.2, -0.15) is 0 Å². The Balaban J connectivity index is 1.68. The Kier molecular flexibility index (Phi) is 6.63. The van der Waals surface area contributed by atoms with Crippen molar-refractivity contribution in [3.8, 4) is 5.75 Å². The monoisotopic (exact) mass is 417 g/mol. The highest BCUT2D eigenvalue weighted by Gasteiger charge is 2.30. The molecule has 2 fully saturated rings. The molecule has 0 aromatic heterocycles. The molecule has 0 spiro atoms. The van der Waals surface area contributed by atoms with Gasteiger partial charge in [0.05, 0.1) is 22.4 Å². The van der Waals surface area contributed by atoms with Crippen molar-refractivity contribution in [2.75, 3.05) is 6.61 Å². The van der Waals surface area contributed by atoms with Crippen LogP contribution in [0.2, 0.25) is 5.02 Å². The van der Waals surface area contributed by atoms with Crippen LogP contribution in [0.15, 0.2) is 12.1 Å². The number of amides is 1. The second-order valence-corrected chi connectivity index (χ2v) is 9.83. The van der Waals surface area contributed by atoms with E-state index in [9.17, 15) is 17.6 Å². The van der Waals surface area contributed by atoms with E-state index in [4.69, 9.17) is 16.3 Å². The highest BCUT2D eigenvalue weighted by Crippen LogP contribution is 2.31. The molecule has 1 N–H and O–H groups in total. The van der Waals surface area contributed by atoms with Gasteiger partial charge in [0.25, 0.3) is 5.91 Å². The van der Waals surface area contributed by atoms with Crippen LogP contribution in [0.4, 0.5) is 4.39 Å². The smallest absolute Gasteiger partial charge is 0.267 e. The number of benzene rings is 1. The summed E-state index contributed by atoms with van der Waals surface area (Å²) in [4.78, 5) is 12.3. The molecule has 0 bridgehead atoms. The molecule has 1 aromatic rings. The number of rotatable bonds is 6. The van der Waals surface area contributed by atoms with E-state index >= 15 is 0 Å². The molecule has 150 valence electrons. The Morgan fingerprint density at radius 2 is 1.74 bits per heavy atom. The van der Waals surface area contributed by atoms with Crippen LogP contribution < -0.4 is 9.46 Å². The van der Waals surface area contributed by atoms with Crippen LogP contribution in [0.1, 0.15) is 68.1 Å². The van der Waals surface area contributed by atoms with Gasteiger partial charge in [0, 0.05) is 6.07 Å². The largest absolute Gasteiger partial charge is 0.492 e. The van der Waals surface area contributed by atoms with E-state index in [2.05, 4.69) is 0 Å². The average molecular weight is 418 g/mol. The minimum Gasteiger partial charge on any atom is -0.492 e. The van der Waals surface area contributed by atoms with Crippen LogP contribution in [0.3, 0.4) is 0 Å². The highest BCUT2D eigenvalue weighted by atomic mass is 35.5. The van der Waals surface area contributed by atoms with E-state index in [0.29, 0.717) is 25.4 Å². The van der Waals surface area contributed by atoms with E-state index in [0.717, 1.165) is 44.2 Å². The van der Waals surface area contributed by atoms with E-state index < -0.39 is 32.6 Å². The minimum atomic E-state index is -3.83. The zero-order valence-corrected chi connectivity index (χ0v) is 16.8. The fourth-order valence-electron chi connectivity index (χ4n) is 3.84. The fourth-order valence-corrected chi connectivity index (χ4v) is 5.55. The number of ether oxygens (including phenoxy) is 1. The van der Waals surface area contributed by atoms with E-state index in [1.807, 2.05) is 4.72 Å². The topological polar surface area (TPSA) is 72.5 Å². The molecule has 0 atom stereocenters. The first-order valence-corrected chi connectivity index (χ1v) is 11.5. The molecule has 0 radical (unpaired) electrons. The molecule has 27 heavy (non-hydrogen) atoms. The van der Waals surface area contributed by atoms with Crippen molar-refractivity contribution >= 4 is 27.5 Å². The summed E-state index contributed by atoms with van der Waals surface area (Å²) in [5, 5.41) is -0.516. The first-order valence-electron chi connectivity index (χ1n) is 9.54. The lowest BCUT2D eigenvalue weighted by atomic mass is 10.0. The standard InChI is InChI=1S/C19H25ClFNO4S/c20-16-10-15(17(21)11-18(16)26-12-13-6-4-5-7-13)19(23)22-27(24,25)14-8-2-1-3-9-14/h10-11,13-14H,1-9,12H2,(H,22,23). The number of carbonyl (C=O) groups excluding carboxylic acids is 1. The molecule has 3 rings (SSSR count). The van der Waals surface area contributed by atoms with Crippen molar-refractivity contribution in [1.82, 2.24) is 4.72 Å². The van der Waals surface area contributed by atoms with Crippen molar-refractivity contribution in [3.63, 3.8) is 0 Å². The molecule has 0 saturated heterocycles. The second-order valence-electron chi connectivity index (χ2n) is 7.46. The molecular weight excluding hydrogens is 393 g/mol. The maximum absolute atomic E-state index is 14.4. The Hall–Kier alpha value is -1.34.